The Kier molecular flexibility index (Phi) is 5.37. The van der Waals surface area contributed by atoms with Crippen LogP contribution in [0.5, 0.6) is 5.75 Å². The Morgan fingerprint density at radius 1 is 1.04 bits per heavy atom. The second kappa shape index (κ2) is 7.87. The van der Waals surface area contributed by atoms with Gasteiger partial charge in [0.25, 0.3) is 5.91 Å². The molecule has 0 saturated heterocycles. The standard InChI is InChI=1S/C21H21NO4/c1-3-22(4-2)20(23)14-25-16-10-11-17-18(15-8-6-5-7-9-15)13-21(24)26-19(17)12-16/h5-13H,3-4,14H2,1-2H3. The highest BCUT2D eigenvalue weighted by Gasteiger charge is 2.12. The van der Waals surface area contributed by atoms with E-state index in [1.807, 2.05) is 50.2 Å². The smallest absolute Gasteiger partial charge is 0.336 e. The third-order valence-corrected chi connectivity index (χ3v) is 4.28. The molecule has 5 heteroatoms. The van der Waals surface area contributed by atoms with Crippen LogP contribution >= 0.6 is 0 Å². The first kappa shape index (κ1) is 17.7. The fraction of sp³-hybridized carbons (Fsp3) is 0.238. The van der Waals surface area contributed by atoms with E-state index in [2.05, 4.69) is 0 Å². The summed E-state index contributed by atoms with van der Waals surface area (Å²) in [7, 11) is 0. The van der Waals surface area contributed by atoms with Crippen LogP contribution in [0.1, 0.15) is 13.8 Å². The van der Waals surface area contributed by atoms with Crippen LogP contribution < -0.4 is 10.4 Å². The lowest BCUT2D eigenvalue weighted by Crippen LogP contribution is -2.34. The molecule has 5 nitrogen and oxygen atoms in total. The van der Waals surface area contributed by atoms with Crippen molar-refractivity contribution in [2.24, 2.45) is 0 Å². The Bertz CT molecular complexity index is 959. The maximum absolute atomic E-state index is 12.1. The van der Waals surface area contributed by atoms with E-state index in [1.165, 1.54) is 6.07 Å². The second-order valence-corrected chi connectivity index (χ2v) is 5.86. The van der Waals surface area contributed by atoms with Gasteiger partial charge in [-0.15, -0.1) is 0 Å². The minimum atomic E-state index is -0.423. The van der Waals surface area contributed by atoms with Crippen molar-refractivity contribution in [3.63, 3.8) is 0 Å². The number of ether oxygens (including phenoxy) is 1. The highest BCUT2D eigenvalue weighted by atomic mass is 16.5. The number of hydrogen-bond acceptors (Lipinski definition) is 4. The maximum Gasteiger partial charge on any atom is 0.336 e. The van der Waals surface area contributed by atoms with Crippen LogP contribution in [0.2, 0.25) is 0 Å². The van der Waals surface area contributed by atoms with E-state index in [0.717, 1.165) is 16.5 Å². The Balaban J connectivity index is 1.90. The van der Waals surface area contributed by atoms with Crippen molar-refractivity contribution in [3.8, 4) is 16.9 Å². The lowest BCUT2D eigenvalue weighted by molar-refractivity contribution is -0.132. The predicted molar refractivity (Wildman–Crippen MR) is 101 cm³/mol. The third kappa shape index (κ3) is 3.77. The van der Waals surface area contributed by atoms with Crippen molar-refractivity contribution in [3.05, 3.63) is 65.0 Å². The van der Waals surface area contributed by atoms with Crippen molar-refractivity contribution in [1.29, 1.82) is 0 Å². The first-order chi connectivity index (χ1) is 12.6. The van der Waals surface area contributed by atoms with E-state index in [0.29, 0.717) is 24.4 Å². The Morgan fingerprint density at radius 2 is 1.77 bits per heavy atom. The van der Waals surface area contributed by atoms with Crippen LogP contribution in [-0.2, 0) is 4.79 Å². The lowest BCUT2D eigenvalue weighted by atomic mass is 10.0. The van der Waals surface area contributed by atoms with E-state index >= 15 is 0 Å². The van der Waals surface area contributed by atoms with Gasteiger partial charge < -0.3 is 14.1 Å². The van der Waals surface area contributed by atoms with Crippen molar-refractivity contribution in [2.45, 2.75) is 13.8 Å². The molecular weight excluding hydrogens is 330 g/mol. The van der Waals surface area contributed by atoms with Crippen molar-refractivity contribution in [2.75, 3.05) is 19.7 Å². The molecule has 3 aromatic rings. The topological polar surface area (TPSA) is 59.8 Å². The summed E-state index contributed by atoms with van der Waals surface area (Å²) in [5, 5.41) is 0.818. The van der Waals surface area contributed by atoms with E-state index in [9.17, 15) is 9.59 Å². The van der Waals surface area contributed by atoms with Crippen LogP contribution in [0.3, 0.4) is 0 Å². The highest BCUT2D eigenvalue weighted by Crippen LogP contribution is 2.29. The number of rotatable bonds is 6. The Labute approximate surface area is 151 Å². The first-order valence-corrected chi connectivity index (χ1v) is 8.66. The monoisotopic (exact) mass is 351 g/mol. The van der Waals surface area contributed by atoms with Crippen molar-refractivity contribution in [1.82, 2.24) is 4.90 Å². The molecular formula is C21H21NO4. The van der Waals surface area contributed by atoms with Gasteiger partial charge in [-0.25, -0.2) is 4.79 Å². The Hall–Kier alpha value is -3.08. The molecule has 0 atom stereocenters. The van der Waals surface area contributed by atoms with Crippen molar-refractivity contribution >= 4 is 16.9 Å². The number of nitrogens with zero attached hydrogens (tertiary/aromatic N) is 1. The summed E-state index contributed by atoms with van der Waals surface area (Å²) in [6.07, 6.45) is 0. The molecule has 1 aromatic heterocycles. The summed E-state index contributed by atoms with van der Waals surface area (Å²) < 4.78 is 10.9. The van der Waals surface area contributed by atoms with Crippen LogP contribution in [0, 0.1) is 0 Å². The number of benzene rings is 2. The summed E-state index contributed by atoms with van der Waals surface area (Å²) in [5.41, 5.74) is 1.76. The molecule has 134 valence electrons. The zero-order valence-electron chi connectivity index (χ0n) is 14.9. The average Bonchev–Trinajstić information content (AvgIpc) is 2.67. The summed E-state index contributed by atoms with van der Waals surface area (Å²) >= 11 is 0. The SMILES string of the molecule is CCN(CC)C(=O)COc1ccc2c(-c3ccccc3)cc(=O)oc2c1. The van der Waals surface area contributed by atoms with Crippen LogP contribution in [0.4, 0.5) is 0 Å². The van der Waals surface area contributed by atoms with Gasteiger partial charge >= 0.3 is 5.63 Å². The second-order valence-electron chi connectivity index (χ2n) is 5.86. The van der Waals surface area contributed by atoms with Crippen LogP contribution in [0.25, 0.3) is 22.1 Å². The van der Waals surface area contributed by atoms with Gasteiger partial charge in [-0.05, 0) is 37.1 Å². The van der Waals surface area contributed by atoms with E-state index in [4.69, 9.17) is 9.15 Å². The quantitative estimate of drug-likeness (QED) is 0.635. The van der Waals surface area contributed by atoms with Gasteiger partial charge in [0.1, 0.15) is 11.3 Å². The van der Waals surface area contributed by atoms with Crippen molar-refractivity contribution < 1.29 is 13.9 Å². The van der Waals surface area contributed by atoms with Gasteiger partial charge in [0.2, 0.25) is 0 Å². The summed E-state index contributed by atoms with van der Waals surface area (Å²) in [6.45, 7) is 5.10. The minimum Gasteiger partial charge on any atom is -0.484 e. The molecule has 1 heterocycles. The molecule has 2 aromatic carbocycles. The molecule has 0 aliphatic carbocycles. The normalized spacial score (nSPS) is 10.7. The van der Waals surface area contributed by atoms with Gasteiger partial charge in [0.15, 0.2) is 6.61 Å². The number of likely N-dealkylation sites (N-methyl/N-ethyl adjacent to an activating group) is 1. The van der Waals surface area contributed by atoms with Crippen LogP contribution in [0.15, 0.2) is 63.8 Å². The number of hydrogen-bond donors (Lipinski definition) is 0. The molecule has 0 fully saturated rings. The fourth-order valence-corrected chi connectivity index (χ4v) is 2.90. The predicted octanol–water partition coefficient (Wildman–Crippen LogP) is 3.71. The molecule has 0 aliphatic heterocycles. The largest absolute Gasteiger partial charge is 0.484 e. The molecule has 26 heavy (non-hydrogen) atoms. The number of carbonyl (C=O) groups excluding carboxylic acids is 1. The van der Waals surface area contributed by atoms with Gasteiger partial charge in [0, 0.05) is 30.6 Å². The number of amides is 1. The van der Waals surface area contributed by atoms with Gasteiger partial charge in [-0.1, -0.05) is 30.3 Å². The molecule has 0 spiro atoms. The molecule has 0 radical (unpaired) electrons. The number of carbonyl (C=O) groups is 1. The molecule has 0 unspecified atom stereocenters. The van der Waals surface area contributed by atoms with E-state index in [1.54, 1.807) is 17.0 Å². The molecule has 0 saturated carbocycles. The van der Waals surface area contributed by atoms with E-state index < -0.39 is 5.63 Å². The van der Waals surface area contributed by atoms with E-state index in [-0.39, 0.29) is 12.5 Å². The lowest BCUT2D eigenvalue weighted by Gasteiger charge is -2.18. The van der Waals surface area contributed by atoms with Gasteiger partial charge in [0.05, 0.1) is 0 Å². The zero-order valence-corrected chi connectivity index (χ0v) is 14.9. The molecule has 3 rings (SSSR count). The van der Waals surface area contributed by atoms with Gasteiger partial charge in [-0.3, -0.25) is 4.79 Å². The maximum atomic E-state index is 12.1. The minimum absolute atomic E-state index is 0.0458. The van der Waals surface area contributed by atoms with Crippen LogP contribution in [-0.4, -0.2) is 30.5 Å². The summed E-state index contributed by atoms with van der Waals surface area (Å²) in [5.74, 6) is 0.418. The highest BCUT2D eigenvalue weighted by molar-refractivity contribution is 5.93. The molecule has 0 N–H and O–H groups in total. The number of fused-ring (bicyclic) bond motifs is 1. The zero-order chi connectivity index (χ0) is 18.5. The summed E-state index contributed by atoms with van der Waals surface area (Å²) in [6, 6.07) is 16.4. The average molecular weight is 351 g/mol. The Morgan fingerprint density at radius 3 is 2.46 bits per heavy atom. The third-order valence-electron chi connectivity index (χ3n) is 4.28. The first-order valence-electron chi connectivity index (χ1n) is 8.66. The summed E-state index contributed by atoms with van der Waals surface area (Å²) in [4.78, 5) is 25.7. The molecule has 1 amide bonds. The molecule has 0 bridgehead atoms. The fourth-order valence-electron chi connectivity index (χ4n) is 2.90. The van der Waals surface area contributed by atoms with Gasteiger partial charge in [-0.2, -0.15) is 0 Å². The molecule has 0 aliphatic rings.